The summed E-state index contributed by atoms with van der Waals surface area (Å²) in [5.41, 5.74) is 4.48. The number of hydrazone groups is 1. The summed E-state index contributed by atoms with van der Waals surface area (Å²) >= 11 is 3.55. The van der Waals surface area contributed by atoms with Crippen molar-refractivity contribution >= 4 is 44.9 Å². The van der Waals surface area contributed by atoms with Gasteiger partial charge in [0.25, 0.3) is 0 Å². The summed E-state index contributed by atoms with van der Waals surface area (Å²) < 4.78 is 11.6. The number of hydrogen-bond donors (Lipinski definition) is 1. The van der Waals surface area contributed by atoms with Crippen LogP contribution < -0.4 is 14.9 Å². The number of hydrogen-bond acceptors (Lipinski definition) is 4. The molecule has 3 aromatic rings. The number of nitrogens with one attached hydrogen (secondary N) is 1. The van der Waals surface area contributed by atoms with Gasteiger partial charge in [-0.3, -0.25) is 4.79 Å². The first-order valence-corrected chi connectivity index (χ1v) is 9.54. The fourth-order valence-electron chi connectivity index (χ4n) is 3.01. The van der Waals surface area contributed by atoms with Crippen molar-refractivity contribution < 1.29 is 14.3 Å². The largest absolute Gasteiger partial charge is 0.454 e. The summed E-state index contributed by atoms with van der Waals surface area (Å²) in [5, 5.41) is 6.12. The van der Waals surface area contributed by atoms with Crippen LogP contribution in [-0.4, -0.2) is 18.9 Å². The van der Waals surface area contributed by atoms with E-state index in [1.807, 2.05) is 60.7 Å². The molecule has 3 aromatic carbocycles. The minimum Gasteiger partial charge on any atom is -0.454 e. The van der Waals surface area contributed by atoms with Crippen LogP contribution in [0.1, 0.15) is 11.1 Å². The van der Waals surface area contributed by atoms with Crippen LogP contribution >= 0.6 is 15.9 Å². The van der Waals surface area contributed by atoms with Gasteiger partial charge >= 0.3 is 0 Å². The molecule has 0 bridgehead atoms. The number of allylic oxidation sites excluding steroid dienone is 1. The van der Waals surface area contributed by atoms with E-state index in [-0.39, 0.29) is 19.1 Å². The molecule has 28 heavy (non-hydrogen) atoms. The smallest absolute Gasteiger partial charge is 0.244 e. The number of amides is 1. The Labute approximate surface area is 170 Å². The van der Waals surface area contributed by atoms with Crippen LogP contribution in [0.5, 0.6) is 11.5 Å². The Morgan fingerprint density at radius 1 is 1.07 bits per heavy atom. The van der Waals surface area contributed by atoms with Crippen LogP contribution in [0.15, 0.2) is 70.2 Å². The number of fused-ring (bicyclic) bond motifs is 2. The van der Waals surface area contributed by atoms with Gasteiger partial charge in [0.15, 0.2) is 11.5 Å². The minimum absolute atomic E-state index is 0.166. The third-order valence-electron chi connectivity index (χ3n) is 4.35. The van der Waals surface area contributed by atoms with Crippen molar-refractivity contribution in [1.29, 1.82) is 0 Å². The summed E-state index contributed by atoms with van der Waals surface area (Å²) in [4.78, 5) is 12.2. The maximum atomic E-state index is 12.2. The van der Waals surface area contributed by atoms with E-state index in [9.17, 15) is 4.79 Å². The van der Waals surface area contributed by atoms with Crippen LogP contribution in [0.3, 0.4) is 0 Å². The first-order chi connectivity index (χ1) is 13.7. The average molecular weight is 437 g/mol. The predicted molar refractivity (Wildman–Crippen MR) is 114 cm³/mol. The standard InChI is InChI=1S/C22H17BrN2O3/c23-19-9-8-16(17-5-1-2-6-18(17)19)13-22(26)25-24-11-3-4-15-7-10-20-21(12-15)28-14-27-20/h1-12H,13-14H2,(H,25,26)/b4-3+,24-11+. The molecule has 0 aliphatic carbocycles. The van der Waals surface area contributed by atoms with E-state index in [0.29, 0.717) is 0 Å². The van der Waals surface area contributed by atoms with Crippen LogP contribution in [0.4, 0.5) is 0 Å². The number of nitrogens with zero attached hydrogens (tertiary/aromatic N) is 1. The molecule has 1 heterocycles. The molecule has 0 aromatic heterocycles. The van der Waals surface area contributed by atoms with Crippen LogP contribution in [-0.2, 0) is 11.2 Å². The lowest BCUT2D eigenvalue weighted by Gasteiger charge is -2.07. The Morgan fingerprint density at radius 3 is 2.79 bits per heavy atom. The van der Waals surface area contributed by atoms with Gasteiger partial charge in [-0.15, -0.1) is 0 Å². The van der Waals surface area contributed by atoms with Gasteiger partial charge < -0.3 is 9.47 Å². The van der Waals surface area contributed by atoms with Gasteiger partial charge in [-0.1, -0.05) is 58.4 Å². The first-order valence-electron chi connectivity index (χ1n) is 8.75. The summed E-state index contributed by atoms with van der Waals surface area (Å²) in [5.74, 6) is 1.31. The van der Waals surface area contributed by atoms with Crippen molar-refractivity contribution in [2.24, 2.45) is 5.10 Å². The maximum Gasteiger partial charge on any atom is 0.244 e. The Hall–Kier alpha value is -3.12. The van der Waals surface area contributed by atoms with E-state index in [4.69, 9.17) is 9.47 Å². The second-order valence-electron chi connectivity index (χ2n) is 6.21. The van der Waals surface area contributed by atoms with Gasteiger partial charge in [-0.05, 0) is 46.2 Å². The Morgan fingerprint density at radius 2 is 1.89 bits per heavy atom. The van der Waals surface area contributed by atoms with Gasteiger partial charge in [-0.2, -0.15) is 5.10 Å². The van der Waals surface area contributed by atoms with Gasteiger partial charge in [0.05, 0.1) is 6.42 Å². The van der Waals surface area contributed by atoms with E-state index < -0.39 is 0 Å². The van der Waals surface area contributed by atoms with Crippen molar-refractivity contribution in [2.45, 2.75) is 6.42 Å². The molecule has 6 heteroatoms. The average Bonchev–Trinajstić information content (AvgIpc) is 3.18. The molecule has 0 radical (unpaired) electrons. The monoisotopic (exact) mass is 436 g/mol. The predicted octanol–water partition coefficient (Wildman–Crippen LogP) is 4.69. The molecule has 4 rings (SSSR count). The Bertz CT molecular complexity index is 1090. The topological polar surface area (TPSA) is 59.9 Å². The summed E-state index contributed by atoms with van der Waals surface area (Å²) in [6.45, 7) is 0.254. The zero-order valence-corrected chi connectivity index (χ0v) is 16.5. The van der Waals surface area contributed by atoms with Crippen molar-refractivity contribution in [3.8, 4) is 11.5 Å². The molecule has 1 aliphatic heterocycles. The number of benzene rings is 3. The second kappa shape index (κ2) is 8.27. The van der Waals surface area contributed by atoms with Crippen LogP contribution in [0, 0.1) is 0 Å². The van der Waals surface area contributed by atoms with E-state index in [1.165, 1.54) is 0 Å². The molecule has 1 amide bonds. The molecule has 5 nitrogen and oxygen atoms in total. The SMILES string of the molecule is O=C(Cc1ccc(Br)c2ccccc12)N/N=C/C=C/c1ccc2c(c1)OCO2. The molecule has 0 fully saturated rings. The van der Waals surface area contributed by atoms with Crippen LogP contribution in [0.2, 0.25) is 0 Å². The van der Waals surface area contributed by atoms with Crippen molar-refractivity contribution in [2.75, 3.05) is 6.79 Å². The van der Waals surface area contributed by atoms with Gasteiger partial charge in [-0.25, -0.2) is 5.43 Å². The fraction of sp³-hybridized carbons (Fsp3) is 0.0909. The number of halogens is 1. The minimum atomic E-state index is -0.166. The zero-order chi connectivity index (χ0) is 19.3. The van der Waals surface area contributed by atoms with E-state index in [0.717, 1.165) is 37.9 Å². The molecule has 0 unspecified atom stereocenters. The van der Waals surface area contributed by atoms with E-state index >= 15 is 0 Å². The fourth-order valence-corrected chi connectivity index (χ4v) is 3.49. The lowest BCUT2D eigenvalue weighted by atomic mass is 10.0. The molecule has 0 saturated carbocycles. The van der Waals surface area contributed by atoms with E-state index in [1.54, 1.807) is 12.3 Å². The van der Waals surface area contributed by atoms with Crippen LogP contribution in [0.25, 0.3) is 16.8 Å². The number of ether oxygens (including phenoxy) is 2. The first kappa shape index (κ1) is 18.3. The second-order valence-corrected chi connectivity index (χ2v) is 7.07. The summed E-state index contributed by atoms with van der Waals surface area (Å²) in [6.07, 6.45) is 5.44. The third kappa shape index (κ3) is 4.07. The van der Waals surface area contributed by atoms with Crippen molar-refractivity contribution in [3.05, 3.63) is 76.3 Å². The van der Waals surface area contributed by atoms with Gasteiger partial charge in [0, 0.05) is 10.7 Å². The highest BCUT2D eigenvalue weighted by molar-refractivity contribution is 9.10. The molecule has 0 saturated heterocycles. The van der Waals surface area contributed by atoms with Gasteiger partial charge in [0.2, 0.25) is 12.7 Å². The Kier molecular flexibility index (Phi) is 5.39. The Balaban J connectivity index is 1.35. The molecular formula is C22H17BrN2O3. The molecule has 140 valence electrons. The number of carbonyl (C=O) groups is 1. The highest BCUT2D eigenvalue weighted by Crippen LogP contribution is 2.32. The third-order valence-corrected chi connectivity index (χ3v) is 5.04. The molecule has 0 spiro atoms. The van der Waals surface area contributed by atoms with Gasteiger partial charge in [0.1, 0.15) is 0 Å². The van der Waals surface area contributed by atoms with E-state index in [2.05, 4.69) is 26.5 Å². The molecule has 1 aliphatic rings. The number of rotatable bonds is 5. The van der Waals surface area contributed by atoms with Crippen molar-refractivity contribution in [1.82, 2.24) is 5.43 Å². The highest BCUT2D eigenvalue weighted by atomic mass is 79.9. The lowest BCUT2D eigenvalue weighted by molar-refractivity contribution is -0.120. The summed E-state index contributed by atoms with van der Waals surface area (Å²) in [7, 11) is 0. The normalized spacial score (nSPS) is 12.9. The quantitative estimate of drug-likeness (QED) is 0.466. The zero-order valence-electron chi connectivity index (χ0n) is 14.9. The lowest BCUT2D eigenvalue weighted by Crippen LogP contribution is -2.19. The molecular weight excluding hydrogens is 420 g/mol. The van der Waals surface area contributed by atoms with Crippen molar-refractivity contribution in [3.63, 3.8) is 0 Å². The molecule has 0 atom stereocenters. The highest BCUT2D eigenvalue weighted by Gasteiger charge is 2.12. The summed E-state index contributed by atoms with van der Waals surface area (Å²) in [6, 6.07) is 17.6. The molecule has 1 N–H and O–H groups in total. The maximum absolute atomic E-state index is 12.2. The number of carbonyl (C=O) groups excluding carboxylic acids is 1.